The molecule has 0 aromatic heterocycles. The van der Waals surface area contributed by atoms with E-state index in [1.54, 1.807) is 49.9 Å². The predicted octanol–water partition coefficient (Wildman–Crippen LogP) is 1.95. The SMILES string of the molecule is CC(=CC(=O)N1CCCCC1)N(C(=O)C(N)c1ccccc1)[C@@H]1C(=O)N2[C@@H]1SC(C)(C)[C@@H]2C(=O)O. The Morgan fingerprint density at radius 3 is 2.40 bits per heavy atom. The van der Waals surface area contributed by atoms with E-state index in [4.69, 9.17) is 5.73 Å². The zero-order valence-electron chi connectivity index (χ0n) is 20.2. The highest BCUT2D eigenvalue weighted by atomic mass is 32.2. The number of nitrogens with zero attached hydrogens (tertiary/aromatic N) is 3. The van der Waals surface area contributed by atoms with Gasteiger partial charge in [0.1, 0.15) is 23.5 Å². The molecule has 1 unspecified atom stereocenters. The third-order valence-electron chi connectivity index (χ3n) is 6.97. The van der Waals surface area contributed by atoms with Gasteiger partial charge in [-0.2, -0.15) is 0 Å². The van der Waals surface area contributed by atoms with Crippen LogP contribution in [0.5, 0.6) is 0 Å². The number of amides is 3. The van der Waals surface area contributed by atoms with E-state index in [0.717, 1.165) is 19.3 Å². The normalized spacial score (nSPS) is 26.6. The van der Waals surface area contributed by atoms with Crippen LogP contribution >= 0.6 is 11.8 Å². The van der Waals surface area contributed by atoms with Gasteiger partial charge in [0.2, 0.25) is 11.8 Å². The second-order valence-corrected chi connectivity index (χ2v) is 11.6. The maximum absolute atomic E-state index is 13.7. The van der Waals surface area contributed by atoms with Crippen LogP contribution in [0.4, 0.5) is 0 Å². The number of carbonyl (C=O) groups is 4. The summed E-state index contributed by atoms with van der Waals surface area (Å²) in [6, 6.07) is 5.87. The molecule has 9 nitrogen and oxygen atoms in total. The summed E-state index contributed by atoms with van der Waals surface area (Å²) < 4.78 is -0.738. The average Bonchev–Trinajstić information content (AvgIpc) is 3.09. The fourth-order valence-corrected chi connectivity index (χ4v) is 6.84. The number of allylic oxidation sites excluding steroid dienone is 1. The molecule has 3 fully saturated rings. The Morgan fingerprint density at radius 2 is 1.80 bits per heavy atom. The number of fused-ring (bicyclic) bond motifs is 1. The lowest BCUT2D eigenvalue weighted by molar-refractivity contribution is -0.167. The number of carbonyl (C=O) groups excluding carboxylic acids is 3. The first-order chi connectivity index (χ1) is 16.5. The molecule has 3 saturated heterocycles. The Hall–Kier alpha value is -2.85. The third-order valence-corrected chi connectivity index (χ3v) is 8.52. The lowest BCUT2D eigenvalue weighted by Gasteiger charge is -2.49. The number of nitrogens with two attached hydrogens (primary N) is 1. The van der Waals surface area contributed by atoms with Crippen molar-refractivity contribution in [2.75, 3.05) is 13.1 Å². The number of β-lactam (4-membered cyclic amide) rings is 1. The predicted molar refractivity (Wildman–Crippen MR) is 132 cm³/mol. The number of hydrogen-bond donors (Lipinski definition) is 2. The quantitative estimate of drug-likeness (QED) is 0.452. The fraction of sp³-hybridized carbons (Fsp3) is 0.520. The van der Waals surface area contributed by atoms with E-state index in [9.17, 15) is 24.3 Å². The summed E-state index contributed by atoms with van der Waals surface area (Å²) in [5.41, 5.74) is 7.25. The second-order valence-electron chi connectivity index (χ2n) is 9.81. The molecule has 0 aliphatic carbocycles. The van der Waals surface area contributed by atoms with Gasteiger partial charge in [-0.15, -0.1) is 11.8 Å². The summed E-state index contributed by atoms with van der Waals surface area (Å²) >= 11 is 1.35. The van der Waals surface area contributed by atoms with Crippen molar-refractivity contribution in [3.05, 3.63) is 47.7 Å². The zero-order chi connectivity index (χ0) is 25.5. The molecule has 35 heavy (non-hydrogen) atoms. The van der Waals surface area contributed by atoms with Crippen molar-refractivity contribution in [3.63, 3.8) is 0 Å². The van der Waals surface area contributed by atoms with Crippen LogP contribution in [0.1, 0.15) is 51.6 Å². The zero-order valence-corrected chi connectivity index (χ0v) is 21.0. The van der Waals surface area contributed by atoms with Gasteiger partial charge in [0, 0.05) is 29.6 Å². The number of carboxylic acids is 1. The van der Waals surface area contributed by atoms with Crippen molar-refractivity contribution in [2.24, 2.45) is 5.73 Å². The maximum Gasteiger partial charge on any atom is 0.327 e. The van der Waals surface area contributed by atoms with Gasteiger partial charge in [0.15, 0.2) is 0 Å². The molecule has 1 aromatic carbocycles. The first kappa shape index (κ1) is 25.2. The molecular formula is C25H32N4O5S. The van der Waals surface area contributed by atoms with Crippen LogP contribution < -0.4 is 5.73 Å². The summed E-state index contributed by atoms with van der Waals surface area (Å²) in [5, 5.41) is 9.22. The van der Waals surface area contributed by atoms with Crippen molar-refractivity contribution in [1.82, 2.24) is 14.7 Å². The molecule has 0 radical (unpaired) electrons. The van der Waals surface area contributed by atoms with E-state index in [-0.39, 0.29) is 5.91 Å². The van der Waals surface area contributed by atoms with Gasteiger partial charge in [0.05, 0.1) is 0 Å². The van der Waals surface area contributed by atoms with Crippen LogP contribution in [0.25, 0.3) is 0 Å². The molecule has 3 heterocycles. The molecule has 3 amide bonds. The summed E-state index contributed by atoms with van der Waals surface area (Å²) in [6.07, 6.45) is 4.34. The number of hydrogen-bond acceptors (Lipinski definition) is 6. The summed E-state index contributed by atoms with van der Waals surface area (Å²) in [7, 11) is 0. The number of carboxylic acid groups (broad SMARTS) is 1. The molecule has 1 aromatic rings. The molecule has 4 rings (SSSR count). The minimum atomic E-state index is -1.08. The van der Waals surface area contributed by atoms with Crippen LogP contribution in [0.3, 0.4) is 0 Å². The highest BCUT2D eigenvalue weighted by Crippen LogP contribution is 2.52. The van der Waals surface area contributed by atoms with Gasteiger partial charge in [0.25, 0.3) is 5.91 Å². The molecule has 188 valence electrons. The van der Waals surface area contributed by atoms with Gasteiger partial charge in [-0.3, -0.25) is 19.3 Å². The highest BCUT2D eigenvalue weighted by Gasteiger charge is 2.66. The maximum atomic E-state index is 13.7. The summed E-state index contributed by atoms with van der Waals surface area (Å²) in [4.78, 5) is 56.4. The number of aliphatic carboxylic acids is 1. The highest BCUT2D eigenvalue weighted by molar-refractivity contribution is 8.01. The Morgan fingerprint density at radius 1 is 1.17 bits per heavy atom. The van der Waals surface area contributed by atoms with Crippen LogP contribution in [-0.2, 0) is 19.2 Å². The van der Waals surface area contributed by atoms with Gasteiger partial charge in [-0.25, -0.2) is 4.79 Å². The topological polar surface area (TPSA) is 124 Å². The second kappa shape index (κ2) is 9.66. The van der Waals surface area contributed by atoms with Crippen molar-refractivity contribution in [2.45, 2.75) is 68.3 Å². The van der Waals surface area contributed by atoms with Gasteiger partial charge >= 0.3 is 5.97 Å². The van der Waals surface area contributed by atoms with Gasteiger partial charge < -0.3 is 20.6 Å². The first-order valence-electron chi connectivity index (χ1n) is 11.9. The van der Waals surface area contributed by atoms with Crippen molar-refractivity contribution >= 4 is 35.5 Å². The third kappa shape index (κ3) is 4.56. The average molecular weight is 501 g/mol. The van der Waals surface area contributed by atoms with Gasteiger partial charge in [-0.05, 0) is 45.6 Å². The van der Waals surface area contributed by atoms with Gasteiger partial charge in [-0.1, -0.05) is 30.3 Å². The van der Waals surface area contributed by atoms with E-state index in [2.05, 4.69) is 0 Å². The first-order valence-corrected chi connectivity index (χ1v) is 12.8. The Balaban J connectivity index is 1.68. The van der Waals surface area contributed by atoms with Crippen molar-refractivity contribution < 1.29 is 24.3 Å². The summed E-state index contributed by atoms with van der Waals surface area (Å²) in [6.45, 7) is 6.51. The van der Waals surface area contributed by atoms with Crippen LogP contribution in [0.2, 0.25) is 0 Å². The minimum absolute atomic E-state index is 0.209. The lowest BCUT2D eigenvalue weighted by atomic mass is 9.94. The molecule has 3 N–H and O–H groups in total. The number of rotatable bonds is 6. The summed E-state index contributed by atoms with van der Waals surface area (Å²) in [5.74, 6) is -2.25. The molecule has 3 aliphatic heterocycles. The molecule has 3 aliphatic rings. The van der Waals surface area contributed by atoms with E-state index in [1.807, 2.05) is 6.07 Å². The molecule has 10 heteroatoms. The fourth-order valence-electron chi connectivity index (χ4n) is 5.17. The minimum Gasteiger partial charge on any atom is -0.480 e. The van der Waals surface area contributed by atoms with Crippen LogP contribution in [0, 0.1) is 0 Å². The smallest absolute Gasteiger partial charge is 0.327 e. The lowest BCUT2D eigenvalue weighted by Crippen LogP contribution is -2.71. The van der Waals surface area contributed by atoms with Crippen LogP contribution in [-0.4, -0.2) is 78.8 Å². The Bertz CT molecular complexity index is 1050. The van der Waals surface area contributed by atoms with E-state index >= 15 is 0 Å². The van der Waals surface area contributed by atoms with E-state index in [0.29, 0.717) is 24.4 Å². The molecule has 0 spiro atoms. The largest absolute Gasteiger partial charge is 0.480 e. The number of thioether (sulfide) groups is 1. The van der Waals surface area contributed by atoms with E-state index in [1.165, 1.54) is 27.6 Å². The van der Waals surface area contributed by atoms with E-state index < -0.39 is 46.0 Å². The van der Waals surface area contributed by atoms with Crippen molar-refractivity contribution in [1.29, 1.82) is 0 Å². The standard InChI is InChI=1S/C25H32N4O5S/c1-15(14-17(30)27-12-8-5-9-13-27)28(21(31)18(26)16-10-6-4-7-11-16)19-22(32)29-20(24(33)34)25(2,3)35-23(19)29/h4,6-7,10-11,14,18-20,23H,5,8-9,12-13,26H2,1-3H3,(H,33,34)/t18?,19-,20+,23-/m1/s1. The number of piperidine rings is 1. The Kier molecular flexibility index (Phi) is 6.97. The Labute approximate surface area is 209 Å². The molecule has 0 bridgehead atoms. The van der Waals surface area contributed by atoms with Crippen molar-refractivity contribution in [3.8, 4) is 0 Å². The number of likely N-dealkylation sites (tertiary alicyclic amines) is 1. The molecule has 0 saturated carbocycles. The number of benzene rings is 1. The van der Waals surface area contributed by atoms with Crippen LogP contribution in [0.15, 0.2) is 42.1 Å². The monoisotopic (exact) mass is 500 g/mol. The molecule has 4 atom stereocenters. The molecular weight excluding hydrogens is 468 g/mol.